The van der Waals surface area contributed by atoms with Crippen molar-refractivity contribution in [1.29, 1.82) is 0 Å². The molecule has 1 rings (SSSR count). The molecular weight excluding hydrogens is 242 g/mol. The fraction of sp³-hybridized carbons (Fsp3) is 0.467. The third-order valence-electron chi connectivity index (χ3n) is 2.33. The lowest BCUT2D eigenvalue weighted by molar-refractivity contribution is -0.130. The fourth-order valence-electron chi connectivity index (χ4n) is 1.50. The lowest BCUT2D eigenvalue weighted by Gasteiger charge is -2.14. The van der Waals surface area contributed by atoms with Crippen molar-refractivity contribution in [1.82, 2.24) is 5.32 Å². The minimum Gasteiger partial charge on any atom is -0.384 e. The van der Waals surface area contributed by atoms with E-state index in [0.717, 1.165) is 0 Å². The summed E-state index contributed by atoms with van der Waals surface area (Å²) in [6.07, 6.45) is -0.133. The van der Waals surface area contributed by atoms with Crippen LogP contribution < -0.4 is 5.32 Å². The molecule has 0 aliphatic carbocycles. The normalized spacial score (nSPS) is 17.2. The quantitative estimate of drug-likeness (QED) is 0.822. The van der Waals surface area contributed by atoms with Crippen LogP contribution in [0.5, 0.6) is 0 Å². The molecule has 0 heterocycles. The van der Waals surface area contributed by atoms with Crippen LogP contribution in [0.3, 0.4) is 0 Å². The number of ether oxygens (including phenoxy) is 1. The SMILES string of the molecule is [2H]c1c([2H])c(C)c([2H])c(C([2H])([2H])NC(=O)C(COC)CC(C)=O)c1[2H]. The topological polar surface area (TPSA) is 55.4 Å². The molecular formula is C15H21NO3. The van der Waals surface area contributed by atoms with Crippen LogP contribution in [0.25, 0.3) is 0 Å². The minimum absolute atomic E-state index is 0.0475. The highest BCUT2D eigenvalue weighted by atomic mass is 16.5. The zero-order chi connectivity index (χ0) is 19.5. The second-order valence-electron chi connectivity index (χ2n) is 4.17. The van der Waals surface area contributed by atoms with Gasteiger partial charge in [0.05, 0.1) is 20.7 Å². The molecule has 0 bridgehead atoms. The maximum atomic E-state index is 12.3. The van der Waals surface area contributed by atoms with Crippen LogP contribution in [-0.4, -0.2) is 25.4 Å². The molecule has 0 radical (unpaired) electrons. The first-order valence-corrected chi connectivity index (χ1v) is 5.81. The first-order valence-electron chi connectivity index (χ1n) is 8.81. The standard InChI is InChI=1S/C15H21NO3/c1-11-5-4-6-13(7-11)9-16-15(18)14(10-19-3)8-12(2)17/h4-7,14H,8-10H2,1-3H3,(H,16,18)/i4D,5D,6D,7D,9D2. The molecule has 19 heavy (non-hydrogen) atoms. The molecule has 1 amide bonds. The van der Waals surface area contributed by atoms with Crippen molar-refractivity contribution in [3.63, 3.8) is 0 Å². The predicted octanol–water partition coefficient (Wildman–Crippen LogP) is 1.85. The summed E-state index contributed by atoms with van der Waals surface area (Å²) in [5.74, 6) is -1.96. The van der Waals surface area contributed by atoms with Crippen molar-refractivity contribution in [2.75, 3.05) is 13.7 Å². The smallest absolute Gasteiger partial charge is 0.226 e. The van der Waals surface area contributed by atoms with Crippen LogP contribution in [-0.2, 0) is 20.8 Å². The van der Waals surface area contributed by atoms with Gasteiger partial charge in [0.15, 0.2) is 0 Å². The molecule has 104 valence electrons. The van der Waals surface area contributed by atoms with Crippen molar-refractivity contribution < 1.29 is 22.6 Å². The molecule has 1 aromatic carbocycles. The molecule has 1 atom stereocenters. The third-order valence-corrected chi connectivity index (χ3v) is 2.33. The zero-order valence-corrected chi connectivity index (χ0v) is 11.2. The van der Waals surface area contributed by atoms with E-state index in [1.165, 1.54) is 21.0 Å². The number of methoxy groups -OCH3 is 1. The van der Waals surface area contributed by atoms with Gasteiger partial charge in [-0.3, -0.25) is 4.79 Å². The zero-order valence-electron chi connectivity index (χ0n) is 17.2. The number of hydrogen-bond donors (Lipinski definition) is 1. The Labute approximate surface area is 122 Å². The van der Waals surface area contributed by atoms with E-state index in [2.05, 4.69) is 5.32 Å². The molecule has 4 heteroatoms. The first-order chi connectivity index (χ1) is 11.4. The van der Waals surface area contributed by atoms with Crippen molar-refractivity contribution in [2.45, 2.75) is 26.8 Å². The summed E-state index contributed by atoms with van der Waals surface area (Å²) in [5, 5.41) is 2.10. The lowest BCUT2D eigenvalue weighted by Crippen LogP contribution is -2.33. The van der Waals surface area contributed by atoms with Gasteiger partial charge in [-0.15, -0.1) is 0 Å². The Morgan fingerprint density at radius 2 is 2.26 bits per heavy atom. The van der Waals surface area contributed by atoms with Crippen molar-refractivity contribution in [3.05, 3.63) is 35.3 Å². The van der Waals surface area contributed by atoms with Gasteiger partial charge in [0, 0.05) is 20.0 Å². The van der Waals surface area contributed by atoms with E-state index in [9.17, 15) is 9.59 Å². The average molecular weight is 269 g/mol. The van der Waals surface area contributed by atoms with Crippen molar-refractivity contribution >= 4 is 11.7 Å². The second-order valence-corrected chi connectivity index (χ2v) is 4.17. The number of hydrogen-bond acceptors (Lipinski definition) is 3. The summed E-state index contributed by atoms with van der Waals surface area (Å²) in [6, 6.07) is -1.87. The van der Waals surface area contributed by atoms with Crippen LogP contribution in [0.15, 0.2) is 24.2 Å². The maximum absolute atomic E-state index is 12.3. The Hall–Kier alpha value is -1.68. The Kier molecular flexibility index (Phi) is 3.43. The molecule has 1 aromatic rings. The van der Waals surface area contributed by atoms with Gasteiger partial charge < -0.3 is 14.8 Å². The highest BCUT2D eigenvalue weighted by Gasteiger charge is 2.19. The van der Waals surface area contributed by atoms with E-state index in [4.69, 9.17) is 13.0 Å². The minimum atomic E-state index is -2.61. The first kappa shape index (κ1) is 8.48. The number of rotatable bonds is 7. The van der Waals surface area contributed by atoms with Crippen LogP contribution in [0.1, 0.15) is 32.7 Å². The summed E-state index contributed by atoms with van der Waals surface area (Å²) < 4.78 is 52.3. The number of amides is 1. The molecule has 1 N–H and O–H groups in total. The molecule has 0 aliphatic heterocycles. The monoisotopic (exact) mass is 269 g/mol. The van der Waals surface area contributed by atoms with Gasteiger partial charge in [0.2, 0.25) is 5.91 Å². The van der Waals surface area contributed by atoms with E-state index < -0.39 is 42.0 Å². The highest BCUT2D eigenvalue weighted by molar-refractivity contribution is 5.85. The largest absolute Gasteiger partial charge is 0.384 e. The van der Waals surface area contributed by atoms with Crippen LogP contribution in [0.2, 0.25) is 0 Å². The Morgan fingerprint density at radius 3 is 2.89 bits per heavy atom. The van der Waals surface area contributed by atoms with Gasteiger partial charge in [-0.1, -0.05) is 29.7 Å². The van der Waals surface area contributed by atoms with Crippen LogP contribution >= 0.6 is 0 Å². The fourth-order valence-corrected chi connectivity index (χ4v) is 1.50. The number of nitrogens with one attached hydrogen (secondary N) is 1. The maximum Gasteiger partial charge on any atom is 0.226 e. The second kappa shape index (κ2) is 7.69. The molecule has 0 spiro atoms. The van der Waals surface area contributed by atoms with Crippen LogP contribution in [0, 0.1) is 12.8 Å². The van der Waals surface area contributed by atoms with Gasteiger partial charge in [0.25, 0.3) is 0 Å². The number of ketones is 1. The van der Waals surface area contributed by atoms with Crippen molar-refractivity contribution in [2.24, 2.45) is 5.92 Å². The summed E-state index contributed by atoms with van der Waals surface area (Å²) >= 11 is 0. The van der Waals surface area contributed by atoms with Gasteiger partial charge in [-0.2, -0.15) is 0 Å². The summed E-state index contributed by atoms with van der Waals surface area (Å²) in [6.45, 7) is -0.0102. The molecule has 0 aliphatic rings. The number of Topliss-reactive ketones (excluding diaryl/α,β-unsaturated/α-hetero) is 1. The predicted molar refractivity (Wildman–Crippen MR) is 73.7 cm³/mol. The van der Waals surface area contributed by atoms with E-state index in [1.54, 1.807) is 0 Å². The summed E-state index contributed by atoms with van der Waals surface area (Å²) in [4.78, 5) is 23.6. The molecule has 1 unspecified atom stereocenters. The molecule has 0 saturated heterocycles. The molecule has 0 fully saturated rings. The van der Waals surface area contributed by atoms with E-state index in [0.29, 0.717) is 0 Å². The third kappa shape index (κ3) is 5.66. The van der Waals surface area contributed by atoms with Gasteiger partial charge in [-0.05, 0) is 19.4 Å². The number of carbonyl (C=O) groups excluding carboxylic acids is 2. The lowest BCUT2D eigenvalue weighted by atomic mass is 10.0. The van der Waals surface area contributed by atoms with Gasteiger partial charge in [0.1, 0.15) is 5.78 Å². The van der Waals surface area contributed by atoms with E-state index in [-0.39, 0.29) is 30.4 Å². The van der Waals surface area contributed by atoms with Crippen molar-refractivity contribution in [3.8, 4) is 0 Å². The Morgan fingerprint density at radius 1 is 1.53 bits per heavy atom. The average Bonchev–Trinajstić information content (AvgIpc) is 2.49. The van der Waals surface area contributed by atoms with E-state index in [1.807, 2.05) is 0 Å². The number of carbonyl (C=O) groups is 2. The number of benzene rings is 1. The van der Waals surface area contributed by atoms with Gasteiger partial charge in [-0.25, -0.2) is 0 Å². The summed E-state index contributed by atoms with van der Waals surface area (Å²) in [7, 11) is 1.35. The highest BCUT2D eigenvalue weighted by Crippen LogP contribution is 2.07. The van der Waals surface area contributed by atoms with E-state index >= 15 is 0 Å². The Balaban J connectivity index is 3.25. The Bertz CT molecular complexity index is 663. The molecule has 0 saturated carbocycles. The molecule has 4 nitrogen and oxygen atoms in total. The van der Waals surface area contributed by atoms with Crippen LogP contribution in [0.4, 0.5) is 0 Å². The summed E-state index contributed by atoms with van der Waals surface area (Å²) in [5.41, 5.74) is -0.440. The van der Waals surface area contributed by atoms with Gasteiger partial charge >= 0.3 is 0 Å². The molecule has 0 aromatic heterocycles.